The van der Waals surface area contributed by atoms with Crippen LogP contribution in [0.25, 0.3) is 0 Å². The molecule has 8 nitrogen and oxygen atoms in total. The summed E-state index contributed by atoms with van der Waals surface area (Å²) < 4.78 is 10.7. The van der Waals surface area contributed by atoms with Gasteiger partial charge in [0.2, 0.25) is 11.9 Å². The maximum atomic E-state index is 13.0. The minimum absolute atomic E-state index is 0.214. The molecule has 1 fully saturated rings. The molecule has 1 N–H and O–H groups in total. The number of aliphatic imine (C=N–C) groups is 1. The van der Waals surface area contributed by atoms with Gasteiger partial charge in [-0.3, -0.25) is 14.9 Å². The molecule has 2 heterocycles. The van der Waals surface area contributed by atoms with Crippen molar-refractivity contribution in [1.29, 1.82) is 0 Å². The number of amides is 1. The molecule has 2 aromatic carbocycles. The molecular weight excluding hydrogens is 408 g/mol. The number of carbonyl (C=O) groups excluding carboxylic acids is 2. The Bertz CT molecular complexity index is 987. The molecule has 2 aromatic rings. The Kier molecular flexibility index (Phi) is 6.58. The van der Waals surface area contributed by atoms with Gasteiger partial charge in [0.1, 0.15) is 11.8 Å². The second kappa shape index (κ2) is 9.72. The number of ether oxygens (including phenoxy) is 2. The van der Waals surface area contributed by atoms with Crippen LogP contribution < -0.4 is 15.0 Å². The smallest absolute Gasteiger partial charge is 0.321 e. The third-order valence-corrected chi connectivity index (χ3v) is 5.78. The minimum atomic E-state index is -1.00. The molecule has 1 amide bonds. The van der Waals surface area contributed by atoms with E-state index in [1.165, 1.54) is 0 Å². The van der Waals surface area contributed by atoms with Gasteiger partial charge < -0.3 is 19.3 Å². The van der Waals surface area contributed by atoms with E-state index in [4.69, 9.17) is 14.5 Å². The van der Waals surface area contributed by atoms with Gasteiger partial charge in [-0.05, 0) is 24.6 Å². The van der Waals surface area contributed by atoms with Crippen molar-refractivity contribution in [1.82, 2.24) is 10.2 Å². The summed E-state index contributed by atoms with van der Waals surface area (Å²) in [4.78, 5) is 34.6. The van der Waals surface area contributed by atoms with Gasteiger partial charge in [0.25, 0.3) is 0 Å². The first-order valence-electron chi connectivity index (χ1n) is 10.9. The maximum absolute atomic E-state index is 13.0. The van der Waals surface area contributed by atoms with Gasteiger partial charge in [0.05, 0.1) is 19.4 Å². The zero-order valence-electron chi connectivity index (χ0n) is 18.4. The van der Waals surface area contributed by atoms with E-state index in [2.05, 4.69) is 15.1 Å². The number of nitrogens with one attached hydrogen (secondary N) is 1. The molecule has 0 radical (unpaired) electrons. The summed E-state index contributed by atoms with van der Waals surface area (Å²) >= 11 is 0. The molecule has 0 saturated carbocycles. The van der Waals surface area contributed by atoms with Crippen molar-refractivity contribution in [3.8, 4) is 5.75 Å². The number of rotatable bonds is 5. The summed E-state index contributed by atoms with van der Waals surface area (Å²) in [6.45, 7) is 4.82. The number of piperazine rings is 1. The molecule has 4 rings (SSSR count). The van der Waals surface area contributed by atoms with Crippen molar-refractivity contribution in [3.63, 3.8) is 0 Å². The normalized spacial score (nSPS) is 20.9. The highest BCUT2D eigenvalue weighted by Crippen LogP contribution is 2.32. The fourth-order valence-corrected chi connectivity index (χ4v) is 4.17. The molecule has 32 heavy (non-hydrogen) atoms. The standard InChI is InChI=1S/C24H28N4O4/c1-3-32-23(30)20-21(17-9-5-4-6-10-17)25-24(26-22(20)29)28-15-13-27(14-16-28)18-11-7-8-12-19(18)31-2/h4-12,20-21H,3,13-16H2,1-2H3,(H,25,26,29)/t20-,21-/m0/s1. The lowest BCUT2D eigenvalue weighted by Gasteiger charge is -2.40. The van der Waals surface area contributed by atoms with Gasteiger partial charge in [0, 0.05) is 26.2 Å². The maximum Gasteiger partial charge on any atom is 0.321 e. The molecule has 2 atom stereocenters. The zero-order valence-corrected chi connectivity index (χ0v) is 18.4. The van der Waals surface area contributed by atoms with E-state index >= 15 is 0 Å². The van der Waals surface area contributed by atoms with Crippen molar-refractivity contribution in [3.05, 3.63) is 60.2 Å². The molecule has 2 aliphatic heterocycles. The summed E-state index contributed by atoms with van der Waals surface area (Å²) in [7, 11) is 1.67. The fraction of sp³-hybridized carbons (Fsp3) is 0.375. The van der Waals surface area contributed by atoms with Gasteiger partial charge in [-0.1, -0.05) is 42.5 Å². The molecule has 2 aliphatic rings. The second-order valence-corrected chi connectivity index (χ2v) is 7.67. The average molecular weight is 437 g/mol. The lowest BCUT2D eigenvalue weighted by atomic mass is 9.91. The van der Waals surface area contributed by atoms with E-state index < -0.39 is 17.9 Å². The first-order chi connectivity index (χ1) is 15.6. The van der Waals surface area contributed by atoms with E-state index in [1.807, 2.05) is 54.6 Å². The first-order valence-corrected chi connectivity index (χ1v) is 10.9. The van der Waals surface area contributed by atoms with Gasteiger partial charge in [0.15, 0.2) is 5.92 Å². The van der Waals surface area contributed by atoms with Crippen LogP contribution in [0.1, 0.15) is 18.5 Å². The minimum Gasteiger partial charge on any atom is -0.495 e. The van der Waals surface area contributed by atoms with Gasteiger partial charge in [-0.25, -0.2) is 4.99 Å². The molecule has 0 aliphatic carbocycles. The van der Waals surface area contributed by atoms with Gasteiger partial charge in [-0.15, -0.1) is 0 Å². The molecule has 1 saturated heterocycles. The Morgan fingerprint density at radius 1 is 1.03 bits per heavy atom. The average Bonchev–Trinajstić information content (AvgIpc) is 2.84. The zero-order chi connectivity index (χ0) is 22.5. The third-order valence-electron chi connectivity index (χ3n) is 5.78. The van der Waals surface area contributed by atoms with Crippen LogP contribution in [-0.4, -0.2) is 62.6 Å². The number of hydrogen-bond donors (Lipinski definition) is 1. The van der Waals surface area contributed by atoms with Crippen molar-refractivity contribution in [2.75, 3.05) is 44.8 Å². The fourth-order valence-electron chi connectivity index (χ4n) is 4.17. The van der Waals surface area contributed by atoms with Crippen LogP contribution in [0, 0.1) is 5.92 Å². The number of benzene rings is 2. The summed E-state index contributed by atoms with van der Waals surface area (Å²) in [6, 6.07) is 16.8. The Morgan fingerprint density at radius 2 is 1.69 bits per heavy atom. The number of esters is 1. The Balaban J connectivity index is 1.55. The highest BCUT2D eigenvalue weighted by molar-refractivity contribution is 6.08. The van der Waals surface area contributed by atoms with Gasteiger partial charge in [-0.2, -0.15) is 0 Å². The lowest BCUT2D eigenvalue weighted by molar-refractivity contribution is -0.153. The summed E-state index contributed by atoms with van der Waals surface area (Å²) in [5.74, 6) is -0.595. The number of carbonyl (C=O) groups is 2. The summed E-state index contributed by atoms with van der Waals surface area (Å²) in [5, 5.41) is 2.85. The Labute approximate surface area is 187 Å². The van der Waals surface area contributed by atoms with E-state index in [1.54, 1.807) is 14.0 Å². The van der Waals surface area contributed by atoms with Crippen molar-refractivity contribution in [2.45, 2.75) is 13.0 Å². The van der Waals surface area contributed by atoms with Gasteiger partial charge >= 0.3 is 5.97 Å². The SMILES string of the molecule is CCOC(=O)[C@@H]1C(=O)NC(N2CCN(c3ccccc3OC)CC2)=N[C@H]1c1ccccc1. The summed E-state index contributed by atoms with van der Waals surface area (Å²) in [5.41, 5.74) is 1.86. The van der Waals surface area contributed by atoms with E-state index in [0.717, 1.165) is 30.1 Å². The number of hydrogen-bond acceptors (Lipinski definition) is 7. The largest absolute Gasteiger partial charge is 0.495 e. The number of anilines is 1. The topological polar surface area (TPSA) is 83.5 Å². The molecule has 0 bridgehead atoms. The number of nitrogens with zero attached hydrogens (tertiary/aromatic N) is 3. The first kappa shape index (κ1) is 21.7. The number of para-hydroxylation sites is 2. The van der Waals surface area contributed by atoms with Crippen molar-refractivity contribution in [2.24, 2.45) is 10.9 Å². The molecule has 0 aromatic heterocycles. The predicted octanol–water partition coefficient (Wildman–Crippen LogP) is 2.22. The van der Waals surface area contributed by atoms with Crippen LogP contribution in [0.2, 0.25) is 0 Å². The monoisotopic (exact) mass is 436 g/mol. The Hall–Kier alpha value is -3.55. The van der Waals surface area contributed by atoms with E-state index in [0.29, 0.717) is 19.0 Å². The number of guanidine groups is 1. The predicted molar refractivity (Wildman–Crippen MR) is 122 cm³/mol. The van der Waals surface area contributed by atoms with Crippen LogP contribution in [0.15, 0.2) is 59.6 Å². The molecule has 8 heteroatoms. The Morgan fingerprint density at radius 3 is 2.38 bits per heavy atom. The van der Waals surface area contributed by atoms with E-state index in [-0.39, 0.29) is 12.5 Å². The molecule has 0 spiro atoms. The second-order valence-electron chi connectivity index (χ2n) is 7.67. The molecule has 0 unspecified atom stereocenters. The molecule has 168 valence electrons. The van der Waals surface area contributed by atoms with Crippen LogP contribution >= 0.6 is 0 Å². The van der Waals surface area contributed by atoms with Crippen molar-refractivity contribution >= 4 is 23.5 Å². The highest BCUT2D eigenvalue weighted by atomic mass is 16.5. The third kappa shape index (κ3) is 4.39. The van der Waals surface area contributed by atoms with E-state index in [9.17, 15) is 9.59 Å². The van der Waals surface area contributed by atoms with Crippen LogP contribution in [0.5, 0.6) is 5.75 Å². The quantitative estimate of drug-likeness (QED) is 0.572. The highest BCUT2D eigenvalue weighted by Gasteiger charge is 2.42. The number of methoxy groups -OCH3 is 1. The van der Waals surface area contributed by atoms with Crippen LogP contribution in [0.4, 0.5) is 5.69 Å². The lowest BCUT2D eigenvalue weighted by Crippen LogP contribution is -2.57. The van der Waals surface area contributed by atoms with Crippen LogP contribution in [0.3, 0.4) is 0 Å². The summed E-state index contributed by atoms with van der Waals surface area (Å²) in [6.07, 6.45) is 0. The van der Waals surface area contributed by atoms with Crippen molar-refractivity contribution < 1.29 is 19.1 Å². The van der Waals surface area contributed by atoms with Crippen LogP contribution in [-0.2, 0) is 14.3 Å². The molecular formula is C24H28N4O4.